The van der Waals surface area contributed by atoms with E-state index >= 15 is 0 Å². The Morgan fingerprint density at radius 3 is 2.90 bits per heavy atom. The molecule has 0 radical (unpaired) electrons. The minimum atomic E-state index is -0.319. The molecule has 5 rings (SSSR count). The predicted octanol–water partition coefficient (Wildman–Crippen LogP) is 2.29. The lowest BCUT2D eigenvalue weighted by atomic mass is 9.79. The smallest absolute Gasteiger partial charge is 0.268 e. The van der Waals surface area contributed by atoms with Gasteiger partial charge in [0.05, 0.1) is 5.69 Å². The van der Waals surface area contributed by atoms with E-state index < -0.39 is 0 Å². The average Bonchev–Trinajstić information content (AvgIpc) is 2.73. The fourth-order valence-electron chi connectivity index (χ4n) is 4.02. The number of amides is 1. The van der Waals surface area contributed by atoms with Crippen molar-refractivity contribution in [1.82, 2.24) is 20.3 Å². The molecule has 1 amide bonds. The van der Waals surface area contributed by atoms with Gasteiger partial charge in [0.15, 0.2) is 6.73 Å². The van der Waals surface area contributed by atoms with E-state index in [0.717, 1.165) is 18.8 Å². The summed E-state index contributed by atoms with van der Waals surface area (Å²) in [6.45, 7) is 6.17. The Morgan fingerprint density at radius 1 is 1.19 bits per heavy atom. The van der Waals surface area contributed by atoms with E-state index in [1.54, 1.807) is 6.07 Å². The van der Waals surface area contributed by atoms with Crippen molar-refractivity contribution < 1.29 is 9.53 Å². The zero-order valence-corrected chi connectivity index (χ0v) is 17.2. The maximum atomic E-state index is 12.8. The molecule has 1 aromatic carbocycles. The molecule has 31 heavy (non-hydrogen) atoms. The average molecular weight is 418 g/mol. The van der Waals surface area contributed by atoms with Crippen molar-refractivity contribution in [2.45, 2.75) is 25.8 Å². The van der Waals surface area contributed by atoms with E-state index in [2.05, 4.69) is 51.6 Å². The van der Waals surface area contributed by atoms with Gasteiger partial charge in [0.2, 0.25) is 17.4 Å². The number of nitrogens with one attached hydrogen (secondary N) is 3. The maximum absolute atomic E-state index is 12.8. The van der Waals surface area contributed by atoms with E-state index in [9.17, 15) is 9.59 Å². The van der Waals surface area contributed by atoms with Crippen LogP contribution in [0.25, 0.3) is 0 Å². The fraction of sp³-hybridized carbons (Fsp3) is 0.273. The van der Waals surface area contributed by atoms with Crippen molar-refractivity contribution in [2.75, 3.05) is 23.5 Å². The van der Waals surface area contributed by atoms with Gasteiger partial charge in [0.1, 0.15) is 5.56 Å². The monoisotopic (exact) mass is 418 g/mol. The van der Waals surface area contributed by atoms with E-state index in [1.807, 2.05) is 6.07 Å². The number of anilines is 3. The fourth-order valence-corrected chi connectivity index (χ4v) is 4.02. The molecule has 0 bridgehead atoms. The van der Waals surface area contributed by atoms with Gasteiger partial charge in [-0.15, -0.1) is 0 Å². The first kappa shape index (κ1) is 19.3. The van der Waals surface area contributed by atoms with E-state index in [0.29, 0.717) is 11.6 Å². The Labute approximate surface area is 178 Å². The van der Waals surface area contributed by atoms with E-state index in [1.165, 1.54) is 34.5 Å². The Kier molecular flexibility index (Phi) is 4.48. The summed E-state index contributed by atoms with van der Waals surface area (Å²) in [5.74, 6) is 0.240. The van der Waals surface area contributed by atoms with Crippen LogP contribution in [-0.4, -0.2) is 34.1 Å². The molecular weight excluding hydrogens is 396 g/mol. The second kappa shape index (κ2) is 7.21. The first-order chi connectivity index (χ1) is 14.9. The van der Waals surface area contributed by atoms with Crippen molar-refractivity contribution in [2.24, 2.45) is 0 Å². The summed E-state index contributed by atoms with van der Waals surface area (Å²) in [7, 11) is 0. The highest BCUT2D eigenvalue weighted by Gasteiger charge is 2.30. The van der Waals surface area contributed by atoms with Crippen LogP contribution in [0.1, 0.15) is 35.3 Å². The van der Waals surface area contributed by atoms with Gasteiger partial charge in [-0.2, -0.15) is 4.98 Å². The predicted molar refractivity (Wildman–Crippen MR) is 116 cm³/mol. The van der Waals surface area contributed by atoms with Gasteiger partial charge in [-0.3, -0.25) is 14.5 Å². The molecule has 9 nitrogen and oxygen atoms in total. The highest BCUT2D eigenvalue weighted by atomic mass is 16.5. The van der Waals surface area contributed by atoms with E-state index in [-0.39, 0.29) is 35.1 Å². The second-order valence-corrected chi connectivity index (χ2v) is 8.31. The lowest BCUT2D eigenvalue weighted by molar-refractivity contribution is 0.0932. The number of carbonyl (C=O) groups excluding carboxylic acids is 1. The number of benzene rings is 1. The van der Waals surface area contributed by atoms with Crippen LogP contribution in [0.2, 0.25) is 0 Å². The van der Waals surface area contributed by atoms with Crippen molar-refractivity contribution >= 4 is 23.2 Å². The van der Waals surface area contributed by atoms with E-state index in [4.69, 9.17) is 4.74 Å². The molecule has 4 heterocycles. The van der Waals surface area contributed by atoms with Gasteiger partial charge in [-0.25, -0.2) is 4.98 Å². The highest BCUT2D eigenvalue weighted by molar-refractivity contribution is 6.08. The molecule has 0 unspecified atom stereocenters. The van der Waals surface area contributed by atoms with Gasteiger partial charge in [0.25, 0.3) is 5.91 Å². The first-order valence-electron chi connectivity index (χ1n) is 10.0. The van der Waals surface area contributed by atoms with Gasteiger partial charge >= 0.3 is 0 Å². The molecule has 3 aromatic rings. The number of carbonyl (C=O) groups is 1. The Bertz CT molecular complexity index is 1240. The third kappa shape index (κ3) is 3.53. The summed E-state index contributed by atoms with van der Waals surface area (Å²) in [4.78, 5) is 37.0. The molecule has 3 N–H and O–H groups in total. The first-order valence-corrected chi connectivity index (χ1v) is 10.0. The zero-order valence-electron chi connectivity index (χ0n) is 17.2. The lowest BCUT2D eigenvalue weighted by Crippen LogP contribution is -2.39. The standard InChI is InChI=1S/C22H22N6O3/c1-22(2)11-23-9-13-7-14(3-4-17(13)22)26-21-25-10-16-19(27-21)31-12-28(20(16)30)15-5-6-24-18(29)8-15/h3-8,10,23H,9,11-12H2,1-2H3,(H,24,29)(H,25,26,27). The van der Waals surface area contributed by atoms with Crippen LogP contribution in [-0.2, 0) is 12.0 Å². The highest BCUT2D eigenvalue weighted by Crippen LogP contribution is 2.32. The number of H-pyrrole nitrogens is 1. The number of hydrogen-bond acceptors (Lipinski definition) is 7. The molecule has 9 heteroatoms. The van der Waals surface area contributed by atoms with Crippen molar-refractivity contribution in [3.8, 4) is 5.88 Å². The number of nitrogens with zero attached hydrogens (tertiary/aromatic N) is 3. The molecule has 2 aromatic heterocycles. The number of fused-ring (bicyclic) bond motifs is 2. The van der Waals surface area contributed by atoms with Crippen LogP contribution in [0.5, 0.6) is 5.88 Å². The summed E-state index contributed by atoms with van der Waals surface area (Å²) >= 11 is 0. The molecule has 2 aliphatic heterocycles. The summed E-state index contributed by atoms with van der Waals surface area (Å²) in [6.07, 6.45) is 2.93. The van der Waals surface area contributed by atoms with Gasteiger partial charge < -0.3 is 20.4 Å². The largest absolute Gasteiger partial charge is 0.455 e. The molecule has 2 aliphatic rings. The van der Waals surface area contributed by atoms with Crippen molar-refractivity contribution in [3.63, 3.8) is 0 Å². The van der Waals surface area contributed by atoms with Crippen LogP contribution in [0, 0.1) is 0 Å². The van der Waals surface area contributed by atoms with Crippen LogP contribution in [0.4, 0.5) is 17.3 Å². The maximum Gasteiger partial charge on any atom is 0.268 e. The van der Waals surface area contributed by atoms with Gasteiger partial charge in [-0.05, 0) is 29.3 Å². The third-order valence-electron chi connectivity index (χ3n) is 5.60. The van der Waals surface area contributed by atoms with Crippen LogP contribution < -0.4 is 25.8 Å². The number of hydrogen-bond donors (Lipinski definition) is 3. The molecule has 0 fully saturated rings. The Morgan fingerprint density at radius 2 is 2.06 bits per heavy atom. The number of aromatic amines is 1. The van der Waals surface area contributed by atoms with Crippen molar-refractivity contribution in [1.29, 1.82) is 0 Å². The zero-order chi connectivity index (χ0) is 21.6. The molecule has 0 atom stereocenters. The van der Waals surface area contributed by atoms with Crippen LogP contribution in [0.3, 0.4) is 0 Å². The Balaban J connectivity index is 1.38. The Hall–Kier alpha value is -3.72. The number of rotatable bonds is 3. The third-order valence-corrected chi connectivity index (χ3v) is 5.60. The number of pyridine rings is 1. The summed E-state index contributed by atoms with van der Waals surface area (Å²) in [5, 5.41) is 6.64. The van der Waals surface area contributed by atoms with Gasteiger partial charge in [0, 0.05) is 42.7 Å². The minimum Gasteiger partial charge on any atom is -0.455 e. The number of aromatic nitrogens is 3. The van der Waals surface area contributed by atoms with Gasteiger partial charge in [-0.1, -0.05) is 19.9 Å². The molecule has 0 saturated carbocycles. The lowest BCUT2D eigenvalue weighted by Gasteiger charge is -2.33. The molecular formula is C22H22N6O3. The molecule has 158 valence electrons. The topological polar surface area (TPSA) is 112 Å². The summed E-state index contributed by atoms with van der Waals surface area (Å²) < 4.78 is 5.69. The minimum absolute atomic E-state index is 0.0364. The summed E-state index contributed by atoms with van der Waals surface area (Å²) in [5.41, 5.74) is 3.91. The SMILES string of the molecule is CC1(C)CNCc2cc(Nc3ncc4c(n3)OCN(c3cc[nH]c(=O)c3)C4=O)ccc21. The second-order valence-electron chi connectivity index (χ2n) is 8.31. The molecule has 0 saturated heterocycles. The summed E-state index contributed by atoms with van der Waals surface area (Å²) in [6, 6.07) is 9.21. The normalized spacial score (nSPS) is 16.8. The van der Waals surface area contributed by atoms with Crippen LogP contribution >= 0.6 is 0 Å². The van der Waals surface area contributed by atoms with Crippen molar-refractivity contribution in [3.05, 3.63) is 69.8 Å². The quantitative estimate of drug-likeness (QED) is 0.598. The molecule has 0 spiro atoms. The number of ether oxygens (including phenoxy) is 1. The van der Waals surface area contributed by atoms with Crippen LogP contribution in [0.15, 0.2) is 47.5 Å². The molecule has 0 aliphatic carbocycles.